The predicted molar refractivity (Wildman–Crippen MR) is 91.3 cm³/mol. The van der Waals surface area contributed by atoms with Crippen molar-refractivity contribution in [3.63, 3.8) is 0 Å². The van der Waals surface area contributed by atoms with Gasteiger partial charge in [-0.3, -0.25) is 0 Å². The van der Waals surface area contributed by atoms with Gasteiger partial charge in [0.05, 0.1) is 6.10 Å². The average Bonchev–Trinajstić information content (AvgIpc) is 2.70. The monoisotopic (exact) mass is 296 g/mol. The molecule has 2 aromatic carbocycles. The van der Waals surface area contributed by atoms with Crippen molar-refractivity contribution in [1.82, 2.24) is 0 Å². The van der Waals surface area contributed by atoms with Gasteiger partial charge in [0.15, 0.2) is 0 Å². The van der Waals surface area contributed by atoms with Crippen LogP contribution in [0.3, 0.4) is 0 Å². The van der Waals surface area contributed by atoms with Crippen molar-refractivity contribution < 1.29 is 4.43 Å². The third-order valence-corrected chi connectivity index (χ3v) is 7.12. The highest BCUT2D eigenvalue weighted by Gasteiger charge is 2.43. The first kappa shape index (κ1) is 14.5. The van der Waals surface area contributed by atoms with Crippen LogP contribution in [-0.2, 0) is 10.8 Å². The van der Waals surface area contributed by atoms with Gasteiger partial charge in [0.2, 0.25) is 8.32 Å². The van der Waals surface area contributed by atoms with E-state index in [1.807, 2.05) is 0 Å². The van der Waals surface area contributed by atoms with Crippen molar-refractivity contribution in [2.45, 2.75) is 39.5 Å². The molecule has 1 nitrogen and oxygen atoms in total. The largest absolute Gasteiger partial charge is 0.405 e. The Morgan fingerprint density at radius 3 is 2.29 bits per heavy atom. The molecule has 0 aliphatic heterocycles. The lowest BCUT2D eigenvalue weighted by atomic mass is 9.87. The lowest BCUT2D eigenvalue weighted by Crippen LogP contribution is -2.47. The number of hydrogen-bond donors (Lipinski definition) is 0. The molecule has 3 rings (SSSR count). The fourth-order valence-electron chi connectivity index (χ4n) is 3.38. The maximum Gasteiger partial charge on any atom is 0.219 e. The molecule has 0 bridgehead atoms. The second-order valence-electron chi connectivity index (χ2n) is 7.24. The average molecular weight is 296 g/mol. The molecule has 0 amide bonds. The Bertz CT molecular complexity index is 631. The Kier molecular flexibility index (Phi) is 3.54. The van der Waals surface area contributed by atoms with E-state index in [4.69, 9.17) is 4.43 Å². The third kappa shape index (κ3) is 2.70. The highest BCUT2D eigenvalue weighted by atomic mass is 28.4. The van der Waals surface area contributed by atoms with E-state index in [0.717, 1.165) is 6.42 Å². The molecule has 0 spiro atoms. The summed E-state index contributed by atoms with van der Waals surface area (Å²) in [4.78, 5) is 0. The van der Waals surface area contributed by atoms with Crippen LogP contribution >= 0.6 is 0 Å². The fraction of sp³-hybridized carbons (Fsp3) is 0.368. The molecule has 1 atom stereocenters. The first-order valence-electron chi connectivity index (χ1n) is 7.71. The Morgan fingerprint density at radius 1 is 0.952 bits per heavy atom. The molecule has 21 heavy (non-hydrogen) atoms. The smallest absolute Gasteiger partial charge is 0.219 e. The van der Waals surface area contributed by atoms with E-state index in [-0.39, 0.29) is 11.5 Å². The summed E-state index contributed by atoms with van der Waals surface area (Å²) in [6.07, 6.45) is 1.31. The molecule has 0 heterocycles. The van der Waals surface area contributed by atoms with E-state index < -0.39 is 8.32 Å². The molecular formula is C19H24OSi. The zero-order chi connectivity index (χ0) is 15.1. The molecule has 0 saturated carbocycles. The van der Waals surface area contributed by atoms with E-state index in [2.05, 4.69) is 81.5 Å². The van der Waals surface area contributed by atoms with Crippen LogP contribution in [-0.4, -0.2) is 8.32 Å². The van der Waals surface area contributed by atoms with E-state index >= 15 is 0 Å². The molecule has 0 N–H and O–H groups in total. The molecule has 0 saturated heterocycles. The summed E-state index contributed by atoms with van der Waals surface area (Å²) in [6, 6.07) is 19.5. The first-order valence-corrected chi connectivity index (χ1v) is 10.6. The maximum absolute atomic E-state index is 6.77. The molecular weight excluding hydrogens is 272 g/mol. The van der Waals surface area contributed by atoms with Gasteiger partial charge in [0.25, 0.3) is 0 Å². The van der Waals surface area contributed by atoms with Gasteiger partial charge in [-0.15, -0.1) is 0 Å². The van der Waals surface area contributed by atoms with Gasteiger partial charge in [0.1, 0.15) is 0 Å². The molecule has 0 aromatic heterocycles. The van der Waals surface area contributed by atoms with Gasteiger partial charge < -0.3 is 4.43 Å². The summed E-state index contributed by atoms with van der Waals surface area (Å²) in [6.45, 7) is 9.26. The lowest BCUT2D eigenvalue weighted by molar-refractivity contribution is 0.0853. The molecule has 0 fully saturated rings. The van der Waals surface area contributed by atoms with Gasteiger partial charge >= 0.3 is 0 Å². The minimum atomic E-state index is -1.90. The SMILES string of the molecule is CC1(C)Cc2ccccc2[C@H]1O[Si](C)(C)c1ccccc1. The second kappa shape index (κ2) is 5.11. The number of rotatable bonds is 3. The van der Waals surface area contributed by atoms with Crippen molar-refractivity contribution in [2.75, 3.05) is 0 Å². The topological polar surface area (TPSA) is 9.23 Å². The lowest BCUT2D eigenvalue weighted by Gasteiger charge is -2.35. The van der Waals surface area contributed by atoms with Crippen LogP contribution in [0.4, 0.5) is 0 Å². The van der Waals surface area contributed by atoms with Gasteiger partial charge in [-0.25, -0.2) is 0 Å². The summed E-state index contributed by atoms with van der Waals surface area (Å²) in [7, 11) is -1.90. The summed E-state index contributed by atoms with van der Waals surface area (Å²) in [5.74, 6) is 0. The Hall–Kier alpha value is -1.38. The molecule has 1 aliphatic carbocycles. The van der Waals surface area contributed by atoms with Crippen LogP contribution in [0.2, 0.25) is 13.1 Å². The first-order chi connectivity index (χ1) is 9.90. The highest BCUT2D eigenvalue weighted by molar-refractivity contribution is 6.84. The second-order valence-corrected chi connectivity index (χ2v) is 11.1. The quantitative estimate of drug-likeness (QED) is 0.761. The van der Waals surface area contributed by atoms with Gasteiger partial charge in [-0.05, 0) is 41.2 Å². The number of fused-ring (bicyclic) bond motifs is 1. The fourth-order valence-corrected chi connectivity index (χ4v) is 5.55. The summed E-state index contributed by atoms with van der Waals surface area (Å²) in [5, 5.41) is 1.37. The van der Waals surface area contributed by atoms with E-state index in [1.165, 1.54) is 16.3 Å². The van der Waals surface area contributed by atoms with Gasteiger partial charge in [0, 0.05) is 0 Å². The van der Waals surface area contributed by atoms with Crippen molar-refractivity contribution in [2.24, 2.45) is 5.41 Å². The van der Waals surface area contributed by atoms with Crippen LogP contribution in [0.5, 0.6) is 0 Å². The summed E-state index contributed by atoms with van der Waals surface area (Å²) in [5.41, 5.74) is 3.01. The Morgan fingerprint density at radius 2 is 1.57 bits per heavy atom. The minimum absolute atomic E-state index is 0.169. The van der Waals surface area contributed by atoms with E-state index in [1.54, 1.807) is 0 Å². The molecule has 110 valence electrons. The van der Waals surface area contributed by atoms with E-state index in [9.17, 15) is 0 Å². The highest BCUT2D eigenvalue weighted by Crippen LogP contribution is 2.48. The molecule has 0 unspecified atom stereocenters. The molecule has 0 radical (unpaired) electrons. The summed E-state index contributed by atoms with van der Waals surface area (Å²) >= 11 is 0. The minimum Gasteiger partial charge on any atom is -0.405 e. The summed E-state index contributed by atoms with van der Waals surface area (Å²) < 4.78 is 6.77. The Balaban J connectivity index is 1.94. The molecule has 2 heteroatoms. The molecule has 2 aromatic rings. The van der Waals surface area contributed by atoms with Gasteiger partial charge in [-0.2, -0.15) is 0 Å². The van der Waals surface area contributed by atoms with Crippen molar-refractivity contribution in [1.29, 1.82) is 0 Å². The standard InChI is InChI=1S/C19H24OSi/c1-19(2)14-15-10-8-9-13-17(15)18(19)20-21(3,4)16-11-6-5-7-12-16/h5-13,18H,14H2,1-4H3/t18-/m1/s1. The van der Waals surface area contributed by atoms with Crippen molar-refractivity contribution >= 4 is 13.5 Å². The van der Waals surface area contributed by atoms with Crippen LogP contribution in [0.15, 0.2) is 54.6 Å². The van der Waals surface area contributed by atoms with Crippen LogP contribution in [0.25, 0.3) is 0 Å². The predicted octanol–water partition coefficient (Wildman–Crippen LogP) is 4.44. The van der Waals surface area contributed by atoms with E-state index in [0.29, 0.717) is 0 Å². The van der Waals surface area contributed by atoms with Gasteiger partial charge in [-0.1, -0.05) is 68.4 Å². The third-order valence-electron chi connectivity index (χ3n) is 4.57. The Labute approximate surface area is 129 Å². The zero-order valence-electron chi connectivity index (χ0n) is 13.4. The molecule has 1 aliphatic rings. The zero-order valence-corrected chi connectivity index (χ0v) is 14.4. The van der Waals surface area contributed by atoms with Crippen LogP contribution in [0.1, 0.15) is 31.1 Å². The van der Waals surface area contributed by atoms with Crippen LogP contribution in [0, 0.1) is 5.41 Å². The van der Waals surface area contributed by atoms with Crippen molar-refractivity contribution in [3.8, 4) is 0 Å². The van der Waals surface area contributed by atoms with Crippen LogP contribution < -0.4 is 5.19 Å². The maximum atomic E-state index is 6.77. The normalized spacial score (nSPS) is 20.3. The number of hydrogen-bond acceptors (Lipinski definition) is 1. The number of benzene rings is 2. The van der Waals surface area contributed by atoms with Crippen molar-refractivity contribution in [3.05, 3.63) is 65.7 Å².